The summed E-state index contributed by atoms with van der Waals surface area (Å²) < 4.78 is 0. The molecule has 2 heteroatoms. The molecule has 106 valence electrons. The normalized spacial score (nSPS) is 12.5. The van der Waals surface area contributed by atoms with Crippen LogP contribution in [0.2, 0.25) is 0 Å². The van der Waals surface area contributed by atoms with Crippen molar-refractivity contribution in [1.29, 1.82) is 0 Å². The average molecular weight is 293 g/mol. The molecule has 0 aliphatic heterocycles. The fourth-order valence-electron chi connectivity index (χ4n) is 2.55. The Labute approximate surface area is 130 Å². The van der Waals surface area contributed by atoms with Crippen molar-refractivity contribution in [3.05, 3.63) is 94.2 Å². The Hall–Kier alpha value is -1.90. The van der Waals surface area contributed by atoms with Crippen LogP contribution < -0.4 is 5.32 Å². The summed E-state index contributed by atoms with van der Waals surface area (Å²) in [5.41, 5.74) is 2.60. The van der Waals surface area contributed by atoms with E-state index < -0.39 is 0 Å². The molecule has 21 heavy (non-hydrogen) atoms. The van der Waals surface area contributed by atoms with Gasteiger partial charge in [0.15, 0.2) is 0 Å². The van der Waals surface area contributed by atoms with Crippen molar-refractivity contribution in [3.8, 4) is 0 Å². The van der Waals surface area contributed by atoms with Gasteiger partial charge in [-0.15, -0.1) is 11.3 Å². The van der Waals surface area contributed by atoms with Crippen molar-refractivity contribution in [3.63, 3.8) is 0 Å². The van der Waals surface area contributed by atoms with Crippen molar-refractivity contribution >= 4 is 11.3 Å². The monoisotopic (exact) mass is 293 g/mol. The summed E-state index contributed by atoms with van der Waals surface area (Å²) >= 11 is 1.80. The molecule has 0 fully saturated rings. The van der Waals surface area contributed by atoms with E-state index in [1.807, 2.05) is 0 Å². The van der Waals surface area contributed by atoms with Gasteiger partial charge < -0.3 is 0 Å². The summed E-state index contributed by atoms with van der Waals surface area (Å²) in [6, 6.07) is 26.1. The van der Waals surface area contributed by atoms with Gasteiger partial charge in [-0.1, -0.05) is 66.7 Å². The topological polar surface area (TPSA) is 12.0 Å². The van der Waals surface area contributed by atoms with Crippen molar-refractivity contribution in [2.75, 3.05) is 0 Å². The van der Waals surface area contributed by atoms with E-state index in [1.165, 1.54) is 16.0 Å². The van der Waals surface area contributed by atoms with Crippen LogP contribution in [-0.4, -0.2) is 0 Å². The Morgan fingerprint density at radius 3 is 1.81 bits per heavy atom. The lowest BCUT2D eigenvalue weighted by atomic mass is 9.98. The largest absolute Gasteiger partial charge is 0.299 e. The van der Waals surface area contributed by atoms with E-state index in [2.05, 4.69) is 90.4 Å². The fraction of sp³-hybridized carbons (Fsp3) is 0.158. The number of rotatable bonds is 5. The lowest BCUT2D eigenvalue weighted by Gasteiger charge is -2.24. The SMILES string of the molecule is C[C@H](NC(c1ccccc1)c1ccccc1)c1cccs1. The molecule has 2 aromatic carbocycles. The van der Waals surface area contributed by atoms with Gasteiger partial charge in [0.05, 0.1) is 6.04 Å². The number of thiophene rings is 1. The highest BCUT2D eigenvalue weighted by atomic mass is 32.1. The van der Waals surface area contributed by atoms with Gasteiger partial charge in [0, 0.05) is 10.9 Å². The quantitative estimate of drug-likeness (QED) is 0.682. The van der Waals surface area contributed by atoms with Crippen LogP contribution in [0.1, 0.15) is 35.0 Å². The summed E-state index contributed by atoms with van der Waals surface area (Å²) in [4.78, 5) is 1.37. The highest BCUT2D eigenvalue weighted by Gasteiger charge is 2.17. The molecule has 0 radical (unpaired) electrons. The second-order valence-corrected chi connectivity index (χ2v) is 6.14. The summed E-state index contributed by atoms with van der Waals surface area (Å²) in [6.45, 7) is 2.23. The molecule has 1 atom stereocenters. The molecule has 3 rings (SSSR count). The van der Waals surface area contributed by atoms with E-state index in [9.17, 15) is 0 Å². The Kier molecular flexibility index (Phi) is 4.49. The molecule has 0 unspecified atom stereocenters. The summed E-state index contributed by atoms with van der Waals surface area (Å²) in [6.07, 6.45) is 0. The third-order valence-corrected chi connectivity index (χ3v) is 4.71. The van der Waals surface area contributed by atoms with E-state index in [0.29, 0.717) is 6.04 Å². The van der Waals surface area contributed by atoms with Gasteiger partial charge in [-0.2, -0.15) is 0 Å². The second kappa shape index (κ2) is 6.70. The first-order valence-corrected chi connectivity index (χ1v) is 8.12. The van der Waals surface area contributed by atoms with E-state index >= 15 is 0 Å². The Morgan fingerprint density at radius 2 is 1.33 bits per heavy atom. The van der Waals surface area contributed by atoms with Crippen LogP contribution in [0.15, 0.2) is 78.2 Å². The van der Waals surface area contributed by atoms with Crippen LogP contribution in [-0.2, 0) is 0 Å². The smallest absolute Gasteiger partial charge is 0.0581 e. The van der Waals surface area contributed by atoms with E-state index in [1.54, 1.807) is 11.3 Å². The molecular formula is C19H19NS. The summed E-state index contributed by atoms with van der Waals surface area (Å²) in [7, 11) is 0. The molecule has 1 N–H and O–H groups in total. The van der Waals surface area contributed by atoms with Gasteiger partial charge in [-0.3, -0.25) is 5.32 Å². The zero-order chi connectivity index (χ0) is 14.5. The molecule has 0 saturated carbocycles. The lowest BCUT2D eigenvalue weighted by Crippen LogP contribution is -2.25. The van der Waals surface area contributed by atoms with E-state index in [0.717, 1.165) is 0 Å². The summed E-state index contributed by atoms with van der Waals surface area (Å²) in [5, 5.41) is 5.89. The number of hydrogen-bond donors (Lipinski definition) is 1. The number of hydrogen-bond acceptors (Lipinski definition) is 2. The first kappa shape index (κ1) is 14.1. The summed E-state index contributed by atoms with van der Waals surface area (Å²) in [5.74, 6) is 0. The lowest BCUT2D eigenvalue weighted by molar-refractivity contribution is 0.522. The fourth-order valence-corrected chi connectivity index (χ4v) is 3.29. The molecule has 0 aliphatic carbocycles. The maximum Gasteiger partial charge on any atom is 0.0581 e. The first-order valence-electron chi connectivity index (χ1n) is 7.24. The minimum absolute atomic E-state index is 0.212. The molecule has 0 amide bonds. The maximum absolute atomic E-state index is 3.76. The second-order valence-electron chi connectivity index (χ2n) is 5.16. The van der Waals surface area contributed by atoms with Gasteiger partial charge in [0.1, 0.15) is 0 Å². The van der Waals surface area contributed by atoms with Crippen molar-refractivity contribution in [2.45, 2.75) is 19.0 Å². The van der Waals surface area contributed by atoms with Crippen molar-refractivity contribution < 1.29 is 0 Å². The van der Waals surface area contributed by atoms with Crippen LogP contribution >= 0.6 is 11.3 Å². The van der Waals surface area contributed by atoms with E-state index in [4.69, 9.17) is 0 Å². The third kappa shape index (κ3) is 3.41. The highest BCUT2D eigenvalue weighted by molar-refractivity contribution is 7.10. The van der Waals surface area contributed by atoms with Gasteiger partial charge in [0.2, 0.25) is 0 Å². The predicted molar refractivity (Wildman–Crippen MR) is 90.6 cm³/mol. The molecule has 1 nitrogen and oxygen atoms in total. The first-order chi connectivity index (χ1) is 10.3. The van der Waals surface area contributed by atoms with Gasteiger partial charge in [0.25, 0.3) is 0 Å². The number of benzene rings is 2. The minimum atomic E-state index is 0.212. The molecule has 3 aromatic rings. The van der Waals surface area contributed by atoms with Crippen LogP contribution in [0.25, 0.3) is 0 Å². The van der Waals surface area contributed by atoms with E-state index in [-0.39, 0.29) is 6.04 Å². The highest BCUT2D eigenvalue weighted by Crippen LogP contribution is 2.27. The molecular weight excluding hydrogens is 274 g/mol. The third-order valence-electron chi connectivity index (χ3n) is 3.65. The molecule has 1 aromatic heterocycles. The Morgan fingerprint density at radius 1 is 0.762 bits per heavy atom. The van der Waals surface area contributed by atoms with Crippen LogP contribution in [0.4, 0.5) is 0 Å². The molecule has 0 bridgehead atoms. The minimum Gasteiger partial charge on any atom is -0.299 e. The van der Waals surface area contributed by atoms with Crippen molar-refractivity contribution in [2.24, 2.45) is 0 Å². The zero-order valence-corrected chi connectivity index (χ0v) is 12.9. The standard InChI is InChI=1S/C19H19NS/c1-15(18-13-8-14-21-18)20-19(16-9-4-2-5-10-16)17-11-6-3-7-12-17/h2-15,19-20H,1H3/t15-/m0/s1. The molecule has 1 heterocycles. The predicted octanol–water partition coefficient (Wildman–Crippen LogP) is 5.19. The molecule has 0 spiro atoms. The zero-order valence-electron chi connectivity index (χ0n) is 12.1. The van der Waals surface area contributed by atoms with Gasteiger partial charge in [-0.05, 0) is 29.5 Å². The van der Waals surface area contributed by atoms with Crippen LogP contribution in [0.3, 0.4) is 0 Å². The number of nitrogens with one attached hydrogen (secondary N) is 1. The Bertz CT molecular complexity index is 607. The average Bonchev–Trinajstić information content (AvgIpc) is 3.09. The Balaban J connectivity index is 1.90. The van der Waals surface area contributed by atoms with Crippen LogP contribution in [0.5, 0.6) is 0 Å². The molecule has 0 aliphatic rings. The van der Waals surface area contributed by atoms with Gasteiger partial charge in [-0.25, -0.2) is 0 Å². The maximum atomic E-state index is 3.76. The van der Waals surface area contributed by atoms with Gasteiger partial charge >= 0.3 is 0 Å². The van der Waals surface area contributed by atoms with Crippen molar-refractivity contribution in [1.82, 2.24) is 5.32 Å². The molecule has 0 saturated heterocycles. The van der Waals surface area contributed by atoms with Crippen LogP contribution in [0, 0.1) is 0 Å².